The highest BCUT2D eigenvalue weighted by Crippen LogP contribution is 2.37. The fraction of sp³-hybridized carbons (Fsp3) is 0.333. The van der Waals surface area contributed by atoms with E-state index in [1.807, 2.05) is 0 Å². The summed E-state index contributed by atoms with van der Waals surface area (Å²) >= 11 is 0. The lowest BCUT2D eigenvalue weighted by molar-refractivity contribution is -0.388. The third-order valence-electron chi connectivity index (χ3n) is 2.98. The predicted molar refractivity (Wildman–Crippen MR) is 80.3 cm³/mol. The van der Waals surface area contributed by atoms with Gasteiger partial charge in [-0.15, -0.1) is 0 Å². The number of ketones is 1. The van der Waals surface area contributed by atoms with Gasteiger partial charge in [-0.25, -0.2) is 9.18 Å². The van der Waals surface area contributed by atoms with Gasteiger partial charge >= 0.3 is 18.3 Å². The van der Waals surface area contributed by atoms with E-state index in [0.717, 1.165) is 0 Å². The molecule has 1 aromatic carbocycles. The van der Waals surface area contributed by atoms with Gasteiger partial charge in [0.25, 0.3) is 0 Å². The highest BCUT2D eigenvalue weighted by molar-refractivity contribution is 6.25. The summed E-state index contributed by atoms with van der Waals surface area (Å²) in [6, 6.07) is 0. The van der Waals surface area contributed by atoms with Crippen LogP contribution in [0, 0.1) is 27.6 Å². The molecule has 0 aliphatic heterocycles. The van der Waals surface area contributed by atoms with Crippen molar-refractivity contribution in [1.82, 2.24) is 0 Å². The molecule has 1 rings (SSSR count). The first-order valence-corrected chi connectivity index (χ1v) is 7.41. The second kappa shape index (κ2) is 9.62. The number of Topliss-reactive ketones (excluding diaryl/α,β-unsaturated/α-hetero) is 1. The van der Waals surface area contributed by atoms with Crippen molar-refractivity contribution in [1.29, 1.82) is 0 Å². The van der Waals surface area contributed by atoms with Gasteiger partial charge in [-0.3, -0.25) is 14.9 Å². The van der Waals surface area contributed by atoms with Crippen LogP contribution < -0.4 is 4.74 Å². The molecular weight excluding hydrogens is 401 g/mol. The fourth-order valence-corrected chi connectivity index (χ4v) is 1.90. The van der Waals surface area contributed by atoms with E-state index in [-0.39, 0.29) is 13.2 Å². The minimum Gasteiger partial charge on any atom is -0.500 e. The number of carbonyl (C=O) groups is 2. The fourth-order valence-electron chi connectivity index (χ4n) is 1.90. The van der Waals surface area contributed by atoms with Crippen LogP contribution >= 0.6 is 0 Å². The van der Waals surface area contributed by atoms with Gasteiger partial charge in [0.05, 0.1) is 18.1 Å². The highest BCUT2D eigenvalue weighted by Gasteiger charge is 2.40. The van der Waals surface area contributed by atoms with Crippen LogP contribution in [0.5, 0.6) is 5.75 Å². The van der Waals surface area contributed by atoms with Crippen LogP contribution in [0.25, 0.3) is 0 Å². The zero-order valence-corrected chi connectivity index (χ0v) is 14.3. The van der Waals surface area contributed by atoms with E-state index in [9.17, 15) is 41.7 Å². The average molecular weight is 413 g/mol. The number of esters is 1. The Kier molecular flexibility index (Phi) is 7.83. The molecule has 1 aromatic rings. The number of nitro benzene ring substituents is 1. The Labute approximate surface area is 153 Å². The van der Waals surface area contributed by atoms with Gasteiger partial charge in [-0.2, -0.15) is 17.6 Å². The van der Waals surface area contributed by atoms with Crippen molar-refractivity contribution in [2.75, 3.05) is 13.2 Å². The molecule has 0 amide bonds. The van der Waals surface area contributed by atoms with Crippen molar-refractivity contribution in [3.63, 3.8) is 0 Å². The van der Waals surface area contributed by atoms with E-state index in [2.05, 4.69) is 9.47 Å². The first-order chi connectivity index (χ1) is 13.1. The molecule has 0 aliphatic rings. The van der Waals surface area contributed by atoms with Gasteiger partial charge < -0.3 is 14.2 Å². The molecule has 0 saturated heterocycles. The molecule has 0 unspecified atom stereocenters. The molecule has 0 radical (unpaired) electrons. The highest BCUT2D eigenvalue weighted by atomic mass is 19.3. The molecule has 0 N–H and O–H groups in total. The van der Waals surface area contributed by atoms with Crippen molar-refractivity contribution in [2.45, 2.75) is 20.5 Å². The van der Waals surface area contributed by atoms with Crippen LogP contribution in [0.2, 0.25) is 0 Å². The number of nitro groups is 1. The third-order valence-corrected chi connectivity index (χ3v) is 2.98. The summed E-state index contributed by atoms with van der Waals surface area (Å²) in [6.45, 7) is -1.50. The molecule has 0 fully saturated rings. The Bertz CT molecular complexity index is 826. The van der Waals surface area contributed by atoms with Crippen LogP contribution in [0.3, 0.4) is 0 Å². The minimum atomic E-state index is -3.85. The van der Waals surface area contributed by atoms with Gasteiger partial charge in [-0.1, -0.05) is 0 Å². The molecule has 0 spiro atoms. The first kappa shape index (κ1) is 22.8. The van der Waals surface area contributed by atoms with Gasteiger partial charge in [0.1, 0.15) is 17.4 Å². The molecular formula is C15H12F5NO7. The summed E-state index contributed by atoms with van der Waals surface area (Å²) in [5, 5.41) is 11.0. The second-order valence-electron chi connectivity index (χ2n) is 4.67. The maximum atomic E-state index is 14.5. The maximum Gasteiger partial charge on any atom is 0.387 e. The number of hydrogen-bond donors (Lipinski definition) is 0. The number of rotatable bonds is 9. The molecule has 154 valence electrons. The lowest BCUT2D eigenvalue weighted by Crippen LogP contribution is -2.21. The van der Waals surface area contributed by atoms with Crippen molar-refractivity contribution in [3.8, 4) is 5.75 Å². The monoisotopic (exact) mass is 413 g/mol. The van der Waals surface area contributed by atoms with Crippen molar-refractivity contribution in [3.05, 3.63) is 45.0 Å². The number of nitrogens with zero attached hydrogens (tertiary/aromatic N) is 1. The smallest absolute Gasteiger partial charge is 0.387 e. The maximum absolute atomic E-state index is 14.5. The molecule has 0 atom stereocenters. The summed E-state index contributed by atoms with van der Waals surface area (Å²) in [7, 11) is 0. The van der Waals surface area contributed by atoms with E-state index in [0.29, 0.717) is 6.26 Å². The van der Waals surface area contributed by atoms with Crippen molar-refractivity contribution < 1.29 is 50.7 Å². The van der Waals surface area contributed by atoms with Gasteiger partial charge in [-0.05, 0) is 13.8 Å². The molecule has 0 saturated carbocycles. The number of benzene rings is 1. The minimum absolute atomic E-state index is 0.113. The van der Waals surface area contributed by atoms with Crippen molar-refractivity contribution >= 4 is 17.4 Å². The summed E-state index contributed by atoms with van der Waals surface area (Å²) in [5.74, 6) is -12.6. The van der Waals surface area contributed by atoms with Crippen LogP contribution in [-0.4, -0.2) is 36.5 Å². The number of alkyl halides is 2. The zero-order chi connectivity index (χ0) is 21.6. The van der Waals surface area contributed by atoms with Crippen LogP contribution in [0.15, 0.2) is 11.8 Å². The van der Waals surface area contributed by atoms with E-state index in [1.165, 1.54) is 13.8 Å². The molecule has 8 nitrogen and oxygen atoms in total. The number of halogens is 5. The Balaban J connectivity index is 3.80. The predicted octanol–water partition coefficient (Wildman–Crippen LogP) is 3.28. The SMILES string of the molecule is CCO/C=C(\C(=O)OCC)C(=O)c1c(F)c(OC(F)F)c(F)c(F)c1[N+](=O)[O-]. The Morgan fingerprint density at radius 3 is 2.18 bits per heavy atom. The van der Waals surface area contributed by atoms with Gasteiger partial charge in [0, 0.05) is 0 Å². The summed E-state index contributed by atoms with van der Waals surface area (Å²) in [6.07, 6.45) is 0.457. The van der Waals surface area contributed by atoms with Gasteiger partial charge in [0.15, 0.2) is 5.82 Å². The lowest BCUT2D eigenvalue weighted by Gasteiger charge is -2.12. The third kappa shape index (κ3) is 4.72. The molecule has 0 bridgehead atoms. The number of hydrogen-bond acceptors (Lipinski definition) is 7. The Morgan fingerprint density at radius 2 is 1.71 bits per heavy atom. The Hall–Kier alpha value is -3.25. The number of carbonyl (C=O) groups excluding carboxylic acids is 2. The van der Waals surface area contributed by atoms with Gasteiger partial charge in [0.2, 0.25) is 23.2 Å². The quantitative estimate of drug-likeness (QED) is 0.0585. The summed E-state index contributed by atoms with van der Waals surface area (Å²) in [5.41, 5.74) is -4.97. The van der Waals surface area contributed by atoms with Crippen LogP contribution in [0.1, 0.15) is 24.2 Å². The summed E-state index contributed by atoms with van der Waals surface area (Å²) < 4.78 is 79.6. The van der Waals surface area contributed by atoms with E-state index >= 15 is 0 Å². The topological polar surface area (TPSA) is 105 Å². The standard InChI is InChI=1S/C15H12F5NO7/c1-3-26-5-6(14(23)27-4-2)12(22)7-8(16)13(28-15(19)20)10(18)9(17)11(7)21(24)25/h5,15H,3-4H2,1-2H3/b6-5-. The normalized spacial score (nSPS) is 11.4. The lowest BCUT2D eigenvalue weighted by atomic mass is 10.0. The van der Waals surface area contributed by atoms with Crippen molar-refractivity contribution in [2.24, 2.45) is 0 Å². The van der Waals surface area contributed by atoms with E-state index in [1.54, 1.807) is 0 Å². The van der Waals surface area contributed by atoms with E-state index < -0.39 is 63.3 Å². The first-order valence-electron chi connectivity index (χ1n) is 7.41. The zero-order valence-electron chi connectivity index (χ0n) is 14.3. The van der Waals surface area contributed by atoms with E-state index in [4.69, 9.17) is 4.74 Å². The molecule has 28 heavy (non-hydrogen) atoms. The number of ether oxygens (including phenoxy) is 3. The molecule has 13 heteroatoms. The second-order valence-corrected chi connectivity index (χ2v) is 4.67. The Morgan fingerprint density at radius 1 is 1.11 bits per heavy atom. The van der Waals surface area contributed by atoms with Crippen LogP contribution in [0.4, 0.5) is 27.6 Å². The van der Waals surface area contributed by atoms with Crippen LogP contribution in [-0.2, 0) is 14.3 Å². The molecule has 0 aromatic heterocycles. The average Bonchev–Trinajstić information content (AvgIpc) is 2.61. The largest absolute Gasteiger partial charge is 0.500 e. The summed E-state index contributed by atoms with van der Waals surface area (Å²) in [4.78, 5) is 33.7. The molecule has 0 heterocycles. The molecule has 0 aliphatic carbocycles.